The fraction of sp³-hybridized carbons (Fsp3) is 0.467. The number of nitrogens with one attached hydrogen (secondary N) is 1. The summed E-state index contributed by atoms with van der Waals surface area (Å²) in [6.45, 7) is 2.94. The van der Waals surface area contributed by atoms with Crippen LogP contribution < -0.4 is 11.1 Å². The normalized spacial score (nSPS) is 14.9. The Morgan fingerprint density at radius 1 is 1.33 bits per heavy atom. The van der Waals surface area contributed by atoms with Crippen molar-refractivity contribution < 1.29 is 0 Å². The lowest BCUT2D eigenvalue weighted by atomic mass is 9.96. The van der Waals surface area contributed by atoms with Gasteiger partial charge in [0.1, 0.15) is 0 Å². The third-order valence-electron chi connectivity index (χ3n) is 3.69. The number of nitrogens with zero attached hydrogens (tertiary/aromatic N) is 1. The molecule has 2 aromatic rings. The van der Waals surface area contributed by atoms with Crippen LogP contribution in [-0.2, 0) is 7.05 Å². The van der Waals surface area contributed by atoms with Gasteiger partial charge in [0.15, 0.2) is 0 Å². The maximum Gasteiger partial charge on any atom is 0.0481 e. The summed E-state index contributed by atoms with van der Waals surface area (Å²) in [5.74, 6) is 0.529. The second-order valence-corrected chi connectivity index (χ2v) is 5.13. The molecule has 0 spiro atoms. The second-order valence-electron chi connectivity index (χ2n) is 5.13. The van der Waals surface area contributed by atoms with Gasteiger partial charge in [-0.3, -0.25) is 0 Å². The number of nitrogens with two attached hydrogens (primary N) is 1. The molecule has 18 heavy (non-hydrogen) atoms. The predicted molar refractivity (Wildman–Crippen MR) is 77.6 cm³/mol. The molecule has 2 atom stereocenters. The number of rotatable bonds is 5. The lowest BCUT2D eigenvalue weighted by Gasteiger charge is -2.19. The molecule has 3 heteroatoms. The zero-order valence-corrected chi connectivity index (χ0v) is 11.5. The monoisotopic (exact) mass is 245 g/mol. The number of aryl methyl sites for hydroxylation is 1. The van der Waals surface area contributed by atoms with Gasteiger partial charge in [-0.2, -0.15) is 0 Å². The topological polar surface area (TPSA) is 43.0 Å². The summed E-state index contributed by atoms with van der Waals surface area (Å²) >= 11 is 0. The molecule has 1 aromatic heterocycles. The van der Waals surface area contributed by atoms with Gasteiger partial charge >= 0.3 is 0 Å². The second kappa shape index (κ2) is 5.55. The zero-order valence-electron chi connectivity index (χ0n) is 11.5. The molecule has 3 nitrogen and oxygen atoms in total. The zero-order chi connectivity index (χ0) is 13.1. The molecule has 98 valence electrons. The molecular weight excluding hydrogens is 222 g/mol. The highest BCUT2D eigenvalue weighted by Gasteiger charge is 2.17. The third kappa shape index (κ3) is 2.42. The van der Waals surface area contributed by atoms with Crippen molar-refractivity contribution in [2.24, 2.45) is 18.7 Å². The highest BCUT2D eigenvalue weighted by molar-refractivity contribution is 5.84. The average molecular weight is 245 g/mol. The minimum absolute atomic E-state index is 0.370. The largest absolute Gasteiger partial charge is 0.350 e. The van der Waals surface area contributed by atoms with Crippen molar-refractivity contribution in [3.8, 4) is 0 Å². The molecule has 3 N–H and O–H groups in total. The van der Waals surface area contributed by atoms with E-state index in [9.17, 15) is 0 Å². The molecule has 0 radical (unpaired) electrons. The first-order valence-corrected chi connectivity index (χ1v) is 6.58. The molecule has 0 aliphatic carbocycles. The molecule has 0 saturated carbocycles. The predicted octanol–water partition coefficient (Wildman–Crippen LogP) is 2.42. The Morgan fingerprint density at radius 3 is 2.72 bits per heavy atom. The maximum atomic E-state index is 5.74. The van der Waals surface area contributed by atoms with Crippen molar-refractivity contribution in [3.63, 3.8) is 0 Å². The number of para-hydroxylation sites is 1. The van der Waals surface area contributed by atoms with Crippen molar-refractivity contribution in [2.45, 2.75) is 19.4 Å². The highest BCUT2D eigenvalue weighted by Crippen LogP contribution is 2.29. The molecular formula is C15H23N3. The van der Waals surface area contributed by atoms with Gasteiger partial charge in [-0.1, -0.05) is 25.1 Å². The molecule has 0 fully saturated rings. The quantitative estimate of drug-likeness (QED) is 0.849. The smallest absolute Gasteiger partial charge is 0.0481 e. The van der Waals surface area contributed by atoms with Crippen LogP contribution in [0.3, 0.4) is 0 Å². The minimum atomic E-state index is 0.370. The summed E-state index contributed by atoms with van der Waals surface area (Å²) in [7, 11) is 4.13. The van der Waals surface area contributed by atoms with Crippen LogP contribution in [-0.4, -0.2) is 18.2 Å². The van der Waals surface area contributed by atoms with E-state index in [-0.39, 0.29) is 0 Å². The summed E-state index contributed by atoms with van der Waals surface area (Å²) < 4.78 is 2.20. The Morgan fingerprint density at radius 2 is 2.06 bits per heavy atom. The molecule has 0 amide bonds. The molecule has 1 heterocycles. The van der Waals surface area contributed by atoms with Crippen LogP contribution in [0.15, 0.2) is 30.5 Å². The van der Waals surface area contributed by atoms with E-state index in [1.807, 2.05) is 7.05 Å². The first-order valence-electron chi connectivity index (χ1n) is 6.58. The Balaban J connectivity index is 2.39. The summed E-state index contributed by atoms with van der Waals surface area (Å²) in [5.41, 5.74) is 8.39. The number of hydrogen-bond acceptors (Lipinski definition) is 2. The number of aromatic nitrogens is 1. The van der Waals surface area contributed by atoms with Gasteiger partial charge < -0.3 is 15.6 Å². The Labute approximate surface area is 109 Å². The highest BCUT2D eigenvalue weighted by atomic mass is 14.9. The van der Waals surface area contributed by atoms with Gasteiger partial charge in [0, 0.05) is 30.2 Å². The van der Waals surface area contributed by atoms with Crippen molar-refractivity contribution in [3.05, 3.63) is 36.0 Å². The molecule has 2 unspecified atom stereocenters. The van der Waals surface area contributed by atoms with Gasteiger partial charge in [0.05, 0.1) is 0 Å². The van der Waals surface area contributed by atoms with Crippen LogP contribution >= 0.6 is 0 Å². The lowest BCUT2D eigenvalue weighted by molar-refractivity contribution is 0.439. The molecule has 0 bridgehead atoms. The fourth-order valence-electron chi connectivity index (χ4n) is 2.55. The molecule has 0 saturated heterocycles. The molecule has 1 aromatic carbocycles. The van der Waals surface area contributed by atoms with Gasteiger partial charge in [0.2, 0.25) is 0 Å². The van der Waals surface area contributed by atoms with E-state index >= 15 is 0 Å². The van der Waals surface area contributed by atoms with Crippen LogP contribution in [0.5, 0.6) is 0 Å². The first-order chi connectivity index (χ1) is 8.67. The summed E-state index contributed by atoms with van der Waals surface area (Å²) in [6.07, 6.45) is 3.30. The van der Waals surface area contributed by atoms with E-state index in [0.29, 0.717) is 12.0 Å². The van der Waals surface area contributed by atoms with Gasteiger partial charge in [-0.15, -0.1) is 0 Å². The lowest BCUT2D eigenvalue weighted by Crippen LogP contribution is -2.22. The third-order valence-corrected chi connectivity index (χ3v) is 3.69. The first kappa shape index (κ1) is 13.1. The van der Waals surface area contributed by atoms with E-state index in [1.54, 1.807) is 0 Å². The Hall–Kier alpha value is -1.32. The average Bonchev–Trinajstić information content (AvgIpc) is 2.74. The molecule has 0 aliphatic heterocycles. The number of benzene rings is 1. The van der Waals surface area contributed by atoms with E-state index in [1.165, 1.54) is 16.5 Å². The summed E-state index contributed by atoms with van der Waals surface area (Å²) in [6, 6.07) is 8.92. The van der Waals surface area contributed by atoms with Crippen LogP contribution in [0.25, 0.3) is 10.9 Å². The van der Waals surface area contributed by atoms with E-state index < -0.39 is 0 Å². The SMILES string of the molecule is CNC(CC(C)CN)c1cn(C)c2ccccc12. The van der Waals surface area contributed by atoms with Crippen LogP contribution in [0.1, 0.15) is 24.9 Å². The van der Waals surface area contributed by atoms with E-state index in [4.69, 9.17) is 5.73 Å². The number of fused-ring (bicyclic) bond motifs is 1. The molecule has 2 rings (SSSR count). The standard InChI is InChI=1S/C15H23N3/c1-11(9-16)8-14(17-2)13-10-18(3)15-7-5-4-6-12(13)15/h4-7,10-11,14,17H,8-9,16H2,1-3H3. The summed E-state index contributed by atoms with van der Waals surface area (Å²) in [5, 5.41) is 4.76. The Bertz CT molecular complexity index is 515. The minimum Gasteiger partial charge on any atom is -0.350 e. The van der Waals surface area contributed by atoms with Crippen molar-refractivity contribution >= 4 is 10.9 Å². The van der Waals surface area contributed by atoms with Crippen LogP contribution in [0, 0.1) is 5.92 Å². The summed E-state index contributed by atoms with van der Waals surface area (Å²) in [4.78, 5) is 0. The van der Waals surface area contributed by atoms with Crippen molar-refractivity contribution in [2.75, 3.05) is 13.6 Å². The van der Waals surface area contributed by atoms with Crippen molar-refractivity contribution in [1.82, 2.24) is 9.88 Å². The van der Waals surface area contributed by atoms with E-state index in [2.05, 4.69) is 54.3 Å². The van der Waals surface area contributed by atoms with Crippen LogP contribution in [0.2, 0.25) is 0 Å². The maximum absolute atomic E-state index is 5.74. The molecule has 0 aliphatic rings. The van der Waals surface area contributed by atoms with Crippen LogP contribution in [0.4, 0.5) is 0 Å². The fourth-order valence-corrected chi connectivity index (χ4v) is 2.55. The number of hydrogen-bond donors (Lipinski definition) is 2. The van der Waals surface area contributed by atoms with Gasteiger partial charge in [-0.25, -0.2) is 0 Å². The van der Waals surface area contributed by atoms with E-state index in [0.717, 1.165) is 13.0 Å². The van der Waals surface area contributed by atoms with Gasteiger partial charge in [0.25, 0.3) is 0 Å². The van der Waals surface area contributed by atoms with Crippen molar-refractivity contribution in [1.29, 1.82) is 0 Å². The van der Waals surface area contributed by atoms with Gasteiger partial charge in [-0.05, 0) is 37.6 Å². The Kier molecular flexibility index (Phi) is 4.04.